The van der Waals surface area contributed by atoms with Crippen molar-refractivity contribution >= 4 is 57.2 Å². The van der Waals surface area contributed by atoms with Gasteiger partial charge in [0.05, 0.1) is 23.1 Å². The zero-order valence-electron chi connectivity index (χ0n) is 26.5. The number of hydrogen-bond acceptors (Lipinski definition) is 6. The maximum atomic E-state index is 11.0. The van der Waals surface area contributed by atoms with Crippen molar-refractivity contribution in [1.29, 1.82) is 0 Å². The summed E-state index contributed by atoms with van der Waals surface area (Å²) in [5.74, 6) is 1.52. The molecule has 6 aromatic rings. The number of nitro groups is 2. The number of benzene rings is 6. The van der Waals surface area contributed by atoms with E-state index in [-0.39, 0.29) is 11.4 Å². The van der Waals surface area contributed by atoms with Gasteiger partial charge in [0, 0.05) is 35.4 Å². The molecule has 0 N–H and O–H groups in total. The summed E-state index contributed by atoms with van der Waals surface area (Å²) in [6.45, 7) is 4.94. The van der Waals surface area contributed by atoms with Gasteiger partial charge in [0.15, 0.2) is 0 Å². The van der Waals surface area contributed by atoms with E-state index in [0.29, 0.717) is 13.2 Å². The smallest absolute Gasteiger partial charge is 0.269 e. The lowest BCUT2D eigenvalue weighted by molar-refractivity contribution is -0.385. The van der Waals surface area contributed by atoms with Gasteiger partial charge in [0.1, 0.15) is 11.5 Å². The topological polar surface area (TPSA) is 105 Å². The second kappa shape index (κ2) is 14.0. The number of non-ortho nitro benzene ring substituents is 2. The second-order valence-corrected chi connectivity index (χ2v) is 11.1. The largest absolute Gasteiger partial charge is 0.493 e. The molecule has 0 saturated carbocycles. The van der Waals surface area contributed by atoms with Crippen molar-refractivity contribution < 1.29 is 19.3 Å². The van der Waals surface area contributed by atoms with Crippen LogP contribution in [0.25, 0.3) is 57.0 Å². The number of ether oxygens (including phenoxy) is 2. The predicted molar refractivity (Wildman–Crippen MR) is 193 cm³/mol. The zero-order valence-corrected chi connectivity index (χ0v) is 26.5. The molecular weight excluding hydrogens is 604 g/mol. The molecule has 0 atom stereocenters. The summed E-state index contributed by atoms with van der Waals surface area (Å²) in [5, 5.41) is 26.1. The first-order chi connectivity index (χ1) is 23.3. The maximum absolute atomic E-state index is 11.0. The van der Waals surface area contributed by atoms with Crippen LogP contribution in [0.15, 0.2) is 109 Å². The molecule has 0 radical (unpaired) electrons. The van der Waals surface area contributed by atoms with E-state index in [4.69, 9.17) is 9.47 Å². The van der Waals surface area contributed by atoms with Crippen LogP contribution in [0.1, 0.15) is 36.1 Å². The SMILES string of the molecule is CCOc1ccc2cc(/C=C/c3ccc([N+](=O)[O-])cc3)ccc2c1-c1c(OCC)ccc2cc(/C=C/c3ccc([N+](=O)[O-])cc3)ccc12. The van der Waals surface area contributed by atoms with E-state index in [2.05, 4.69) is 48.5 Å². The Labute approximate surface area is 277 Å². The van der Waals surface area contributed by atoms with E-state index in [1.54, 1.807) is 24.3 Å². The number of nitrogens with zero attached hydrogens (tertiary/aromatic N) is 2. The monoisotopic (exact) mass is 636 g/mol. The Kier molecular flexibility index (Phi) is 9.25. The van der Waals surface area contributed by atoms with Crippen LogP contribution in [0.3, 0.4) is 0 Å². The van der Waals surface area contributed by atoms with Crippen molar-refractivity contribution in [2.24, 2.45) is 0 Å². The van der Waals surface area contributed by atoms with E-state index in [1.807, 2.05) is 50.3 Å². The lowest BCUT2D eigenvalue weighted by Gasteiger charge is -2.19. The lowest BCUT2D eigenvalue weighted by Crippen LogP contribution is -1.99. The first-order valence-electron chi connectivity index (χ1n) is 15.6. The van der Waals surface area contributed by atoms with Gasteiger partial charge in [0.25, 0.3) is 11.4 Å². The molecule has 0 aromatic heterocycles. The number of rotatable bonds is 11. The summed E-state index contributed by atoms with van der Waals surface area (Å²) in [6, 6.07) is 33.6. The van der Waals surface area contributed by atoms with Crippen LogP contribution < -0.4 is 9.47 Å². The summed E-state index contributed by atoms with van der Waals surface area (Å²) in [4.78, 5) is 21.2. The third-order valence-corrected chi connectivity index (χ3v) is 8.01. The molecule has 6 rings (SSSR count). The molecule has 0 amide bonds. The van der Waals surface area contributed by atoms with E-state index in [9.17, 15) is 20.2 Å². The number of nitro benzene ring substituents is 2. The van der Waals surface area contributed by atoms with Crippen molar-refractivity contribution in [2.75, 3.05) is 13.2 Å². The van der Waals surface area contributed by atoms with Gasteiger partial charge >= 0.3 is 0 Å². The highest BCUT2D eigenvalue weighted by atomic mass is 16.6. The van der Waals surface area contributed by atoms with Crippen molar-refractivity contribution in [1.82, 2.24) is 0 Å². The Morgan fingerprint density at radius 1 is 0.500 bits per heavy atom. The fourth-order valence-electron chi connectivity index (χ4n) is 5.73. The second-order valence-electron chi connectivity index (χ2n) is 11.1. The molecule has 0 saturated heterocycles. The molecule has 238 valence electrons. The minimum absolute atomic E-state index is 0.0604. The van der Waals surface area contributed by atoms with Crippen LogP contribution in [0.2, 0.25) is 0 Å². The van der Waals surface area contributed by atoms with Crippen molar-refractivity contribution in [2.45, 2.75) is 13.8 Å². The van der Waals surface area contributed by atoms with Crippen molar-refractivity contribution in [3.63, 3.8) is 0 Å². The van der Waals surface area contributed by atoms with E-state index in [1.165, 1.54) is 24.3 Å². The first kappa shape index (κ1) is 31.7. The molecule has 0 heterocycles. The summed E-state index contributed by atoms with van der Waals surface area (Å²) in [6.07, 6.45) is 7.86. The molecule has 8 heteroatoms. The minimum Gasteiger partial charge on any atom is -0.493 e. The van der Waals surface area contributed by atoms with E-state index in [0.717, 1.165) is 66.4 Å². The van der Waals surface area contributed by atoms with Gasteiger partial charge in [-0.25, -0.2) is 0 Å². The summed E-state index contributed by atoms with van der Waals surface area (Å²) in [7, 11) is 0. The predicted octanol–water partition coefficient (Wildman–Crippen LogP) is 10.6. The Bertz CT molecular complexity index is 2040. The molecule has 0 unspecified atom stereocenters. The van der Waals surface area contributed by atoms with Crippen molar-refractivity contribution in [3.05, 3.63) is 152 Å². The van der Waals surface area contributed by atoms with Gasteiger partial charge in [-0.15, -0.1) is 0 Å². The molecular formula is C40H32N2O6. The summed E-state index contributed by atoms with van der Waals surface area (Å²) >= 11 is 0. The van der Waals surface area contributed by atoms with Crippen LogP contribution in [0.4, 0.5) is 11.4 Å². The standard InChI is InChI=1S/C40H32N2O6/c1-3-47-37-23-15-31-25-29(7-5-27-9-17-33(18-10-27)41(43)44)13-21-35(31)39(37)40-36-22-14-30(26-32(36)16-24-38(40)48-4-2)8-6-28-11-19-34(20-12-28)42(45)46/h5-26H,3-4H2,1-2H3/b7-5+,8-6+. The van der Waals surface area contributed by atoms with Crippen LogP contribution in [0, 0.1) is 20.2 Å². The van der Waals surface area contributed by atoms with Gasteiger partial charge in [-0.05, 0) is 106 Å². The molecule has 0 aliphatic carbocycles. The van der Waals surface area contributed by atoms with Crippen molar-refractivity contribution in [3.8, 4) is 22.6 Å². The van der Waals surface area contributed by atoms with Crippen LogP contribution >= 0.6 is 0 Å². The van der Waals surface area contributed by atoms with Gasteiger partial charge in [-0.2, -0.15) is 0 Å². The third-order valence-electron chi connectivity index (χ3n) is 8.01. The molecule has 6 aromatic carbocycles. The normalized spacial score (nSPS) is 11.5. The average Bonchev–Trinajstić information content (AvgIpc) is 3.10. The molecule has 0 bridgehead atoms. The highest BCUT2D eigenvalue weighted by Crippen LogP contribution is 2.46. The lowest BCUT2D eigenvalue weighted by atomic mass is 9.91. The molecule has 0 fully saturated rings. The number of hydrogen-bond donors (Lipinski definition) is 0. The van der Waals surface area contributed by atoms with Crippen LogP contribution in [0.5, 0.6) is 11.5 Å². The molecule has 0 spiro atoms. The van der Waals surface area contributed by atoms with Gasteiger partial charge < -0.3 is 9.47 Å². The molecule has 8 nitrogen and oxygen atoms in total. The Morgan fingerprint density at radius 2 is 0.854 bits per heavy atom. The van der Waals surface area contributed by atoms with Gasteiger partial charge in [-0.3, -0.25) is 20.2 Å². The summed E-state index contributed by atoms with van der Waals surface area (Å²) < 4.78 is 12.4. The maximum Gasteiger partial charge on any atom is 0.269 e. The highest BCUT2D eigenvalue weighted by Gasteiger charge is 2.19. The van der Waals surface area contributed by atoms with Crippen LogP contribution in [-0.2, 0) is 0 Å². The molecule has 0 aliphatic heterocycles. The fourth-order valence-corrected chi connectivity index (χ4v) is 5.73. The van der Waals surface area contributed by atoms with Gasteiger partial charge in [0.2, 0.25) is 0 Å². The fraction of sp³-hybridized carbons (Fsp3) is 0.100. The highest BCUT2D eigenvalue weighted by molar-refractivity contribution is 6.10. The molecule has 48 heavy (non-hydrogen) atoms. The number of fused-ring (bicyclic) bond motifs is 2. The Morgan fingerprint density at radius 3 is 1.21 bits per heavy atom. The summed E-state index contributed by atoms with van der Waals surface area (Å²) in [5.41, 5.74) is 5.73. The first-order valence-corrected chi connectivity index (χ1v) is 15.6. The minimum atomic E-state index is -0.404. The average molecular weight is 637 g/mol. The van der Waals surface area contributed by atoms with E-state index >= 15 is 0 Å². The van der Waals surface area contributed by atoms with Gasteiger partial charge in [-0.1, -0.05) is 60.7 Å². The zero-order chi connectivity index (χ0) is 33.6. The van der Waals surface area contributed by atoms with Crippen LogP contribution in [-0.4, -0.2) is 23.1 Å². The Hall–Kier alpha value is -6.28. The Balaban J connectivity index is 1.42. The van der Waals surface area contributed by atoms with E-state index < -0.39 is 9.85 Å². The molecule has 0 aliphatic rings. The third kappa shape index (κ3) is 6.78. The quantitative estimate of drug-likeness (QED) is 0.0796.